The molecule has 0 radical (unpaired) electrons. The lowest BCUT2D eigenvalue weighted by molar-refractivity contribution is -0.141. The van der Waals surface area contributed by atoms with Crippen LogP contribution in [0, 0.1) is 5.92 Å². The number of carbonyl (C=O) groups is 2. The van der Waals surface area contributed by atoms with Crippen LogP contribution in [0.25, 0.3) is 0 Å². The van der Waals surface area contributed by atoms with Crippen LogP contribution >= 0.6 is 11.8 Å². The molecule has 0 aliphatic carbocycles. The molecule has 0 aliphatic heterocycles. The first-order chi connectivity index (χ1) is 12.6. The summed E-state index contributed by atoms with van der Waals surface area (Å²) in [5.41, 5.74) is 0.816. The van der Waals surface area contributed by atoms with Gasteiger partial charge in [-0.05, 0) is 30.2 Å². The van der Waals surface area contributed by atoms with Crippen LogP contribution in [0.3, 0.4) is 0 Å². The first-order valence-electron chi connectivity index (χ1n) is 8.39. The van der Waals surface area contributed by atoms with E-state index in [0.717, 1.165) is 10.5 Å². The zero-order valence-corrected chi connectivity index (χ0v) is 15.5. The minimum Gasteiger partial charge on any atom is -0.496 e. The Kier molecular flexibility index (Phi) is 8.02. The molecule has 0 aromatic heterocycles. The molecule has 138 valence electrons. The number of para-hydroxylation sites is 1. The molecule has 5 nitrogen and oxygen atoms in total. The molecule has 0 saturated carbocycles. The number of aliphatic carboxylic acids is 1. The highest BCUT2D eigenvalue weighted by atomic mass is 32.2. The maximum Gasteiger partial charge on any atom is 0.308 e. The molecule has 6 heteroatoms. The highest BCUT2D eigenvalue weighted by Gasteiger charge is 2.20. The summed E-state index contributed by atoms with van der Waals surface area (Å²) in [7, 11) is 1.56. The van der Waals surface area contributed by atoms with Crippen molar-refractivity contribution >= 4 is 23.6 Å². The van der Waals surface area contributed by atoms with Crippen LogP contribution in [0.2, 0.25) is 0 Å². The van der Waals surface area contributed by atoms with E-state index in [1.165, 1.54) is 0 Å². The van der Waals surface area contributed by atoms with Gasteiger partial charge in [0.2, 0.25) is 5.91 Å². The van der Waals surface area contributed by atoms with Crippen LogP contribution in [0.1, 0.15) is 12.0 Å². The monoisotopic (exact) mass is 373 g/mol. The molecule has 0 saturated heterocycles. The number of carbonyl (C=O) groups excluding carboxylic acids is 1. The minimum absolute atomic E-state index is 0.0994. The van der Waals surface area contributed by atoms with Crippen molar-refractivity contribution in [2.75, 3.05) is 19.4 Å². The number of rotatable bonds is 10. The quantitative estimate of drug-likeness (QED) is 0.626. The van der Waals surface area contributed by atoms with Gasteiger partial charge in [-0.15, -0.1) is 11.8 Å². The number of hydrogen-bond acceptors (Lipinski definition) is 4. The highest BCUT2D eigenvalue weighted by molar-refractivity contribution is 7.99. The maximum absolute atomic E-state index is 12.0. The standard InChI is InChI=1S/C20H23NO4S/c1-25-18-10-6-5-7-15(18)13-16(20(23)24)14-21-19(22)11-12-26-17-8-3-2-4-9-17/h2-10,16H,11-14H2,1H3,(H,21,22)(H,23,24). The minimum atomic E-state index is -0.935. The van der Waals surface area contributed by atoms with E-state index in [9.17, 15) is 14.7 Å². The van der Waals surface area contributed by atoms with E-state index >= 15 is 0 Å². The summed E-state index contributed by atoms with van der Waals surface area (Å²) in [5.74, 6) is -0.462. The van der Waals surface area contributed by atoms with Crippen LogP contribution in [0.15, 0.2) is 59.5 Å². The molecule has 0 spiro atoms. The van der Waals surface area contributed by atoms with E-state index in [1.54, 1.807) is 24.9 Å². The Morgan fingerprint density at radius 2 is 1.81 bits per heavy atom. The van der Waals surface area contributed by atoms with Crippen molar-refractivity contribution in [3.05, 3.63) is 60.2 Å². The average Bonchev–Trinajstić information content (AvgIpc) is 2.66. The van der Waals surface area contributed by atoms with Gasteiger partial charge in [-0.2, -0.15) is 0 Å². The average molecular weight is 373 g/mol. The smallest absolute Gasteiger partial charge is 0.308 e. The summed E-state index contributed by atoms with van der Waals surface area (Å²) < 4.78 is 5.26. The topological polar surface area (TPSA) is 75.6 Å². The lowest BCUT2D eigenvalue weighted by atomic mass is 9.98. The molecule has 26 heavy (non-hydrogen) atoms. The molecule has 2 aromatic carbocycles. The van der Waals surface area contributed by atoms with Crippen LogP contribution in [-0.2, 0) is 16.0 Å². The molecule has 0 aliphatic rings. The number of benzene rings is 2. The van der Waals surface area contributed by atoms with E-state index in [2.05, 4.69) is 5.32 Å². The molecule has 1 unspecified atom stereocenters. The Balaban J connectivity index is 1.80. The highest BCUT2D eigenvalue weighted by Crippen LogP contribution is 2.21. The molecule has 2 aromatic rings. The number of methoxy groups -OCH3 is 1. The van der Waals surface area contributed by atoms with Crippen LogP contribution < -0.4 is 10.1 Å². The third kappa shape index (κ3) is 6.44. The van der Waals surface area contributed by atoms with Gasteiger partial charge in [0.15, 0.2) is 0 Å². The maximum atomic E-state index is 12.0. The lowest BCUT2D eigenvalue weighted by Gasteiger charge is -2.15. The first kappa shape index (κ1) is 19.8. The van der Waals surface area contributed by atoms with Gasteiger partial charge in [-0.3, -0.25) is 9.59 Å². The summed E-state index contributed by atoms with van der Waals surface area (Å²) in [4.78, 5) is 24.6. The van der Waals surface area contributed by atoms with Crippen molar-refractivity contribution in [1.82, 2.24) is 5.32 Å². The van der Waals surface area contributed by atoms with E-state index in [4.69, 9.17) is 4.74 Å². The SMILES string of the molecule is COc1ccccc1CC(CNC(=O)CCSc1ccccc1)C(=O)O. The number of carboxylic acid groups (broad SMARTS) is 1. The van der Waals surface area contributed by atoms with Crippen LogP contribution in [-0.4, -0.2) is 36.4 Å². The van der Waals surface area contributed by atoms with Gasteiger partial charge < -0.3 is 15.2 Å². The Morgan fingerprint density at radius 3 is 2.50 bits per heavy atom. The predicted octanol–water partition coefficient (Wildman–Crippen LogP) is 3.24. The molecule has 2 N–H and O–H groups in total. The van der Waals surface area contributed by atoms with E-state index < -0.39 is 11.9 Å². The van der Waals surface area contributed by atoms with Crippen molar-refractivity contribution in [2.45, 2.75) is 17.7 Å². The van der Waals surface area contributed by atoms with Gasteiger partial charge in [0.1, 0.15) is 5.75 Å². The van der Waals surface area contributed by atoms with Crippen molar-refractivity contribution in [3.63, 3.8) is 0 Å². The fourth-order valence-electron chi connectivity index (χ4n) is 2.49. The fourth-order valence-corrected chi connectivity index (χ4v) is 3.36. The van der Waals surface area contributed by atoms with E-state index in [1.807, 2.05) is 48.5 Å². The second-order valence-corrected chi connectivity index (χ2v) is 6.94. The zero-order chi connectivity index (χ0) is 18.8. The Hall–Kier alpha value is -2.47. The Morgan fingerprint density at radius 1 is 1.12 bits per heavy atom. The molecule has 1 amide bonds. The predicted molar refractivity (Wildman–Crippen MR) is 103 cm³/mol. The number of carboxylic acids is 1. The molecular formula is C20H23NO4S. The molecular weight excluding hydrogens is 350 g/mol. The second-order valence-electron chi connectivity index (χ2n) is 5.77. The molecule has 0 heterocycles. The van der Waals surface area contributed by atoms with Crippen molar-refractivity contribution in [3.8, 4) is 5.75 Å². The van der Waals surface area contributed by atoms with Crippen LogP contribution in [0.5, 0.6) is 5.75 Å². The zero-order valence-electron chi connectivity index (χ0n) is 14.7. The lowest BCUT2D eigenvalue weighted by Crippen LogP contribution is -2.34. The largest absolute Gasteiger partial charge is 0.496 e. The third-order valence-electron chi connectivity index (χ3n) is 3.89. The Bertz CT molecular complexity index is 721. The number of hydrogen-bond donors (Lipinski definition) is 2. The second kappa shape index (κ2) is 10.5. The molecule has 1 atom stereocenters. The van der Waals surface area contributed by atoms with Crippen molar-refractivity contribution < 1.29 is 19.4 Å². The number of ether oxygens (including phenoxy) is 1. The van der Waals surface area contributed by atoms with Gasteiger partial charge in [-0.25, -0.2) is 0 Å². The van der Waals surface area contributed by atoms with Crippen molar-refractivity contribution in [1.29, 1.82) is 0 Å². The summed E-state index contributed by atoms with van der Waals surface area (Å²) >= 11 is 1.60. The van der Waals surface area contributed by atoms with Crippen LogP contribution in [0.4, 0.5) is 0 Å². The van der Waals surface area contributed by atoms with Gasteiger partial charge >= 0.3 is 5.97 Å². The normalized spacial score (nSPS) is 11.6. The third-order valence-corrected chi connectivity index (χ3v) is 4.91. The molecule has 2 rings (SSSR count). The van der Waals surface area contributed by atoms with Gasteiger partial charge in [0.25, 0.3) is 0 Å². The summed E-state index contributed by atoms with van der Waals surface area (Å²) in [6.07, 6.45) is 0.652. The summed E-state index contributed by atoms with van der Waals surface area (Å²) in [6, 6.07) is 17.2. The molecule has 0 bridgehead atoms. The molecule has 0 fully saturated rings. The van der Waals surface area contributed by atoms with Crippen molar-refractivity contribution in [2.24, 2.45) is 5.92 Å². The number of thioether (sulfide) groups is 1. The summed E-state index contributed by atoms with van der Waals surface area (Å²) in [5, 5.41) is 12.2. The summed E-state index contributed by atoms with van der Waals surface area (Å²) in [6.45, 7) is 0.0994. The first-order valence-corrected chi connectivity index (χ1v) is 9.38. The number of amides is 1. The van der Waals surface area contributed by atoms with Gasteiger partial charge in [0.05, 0.1) is 13.0 Å². The Labute approximate surface area is 157 Å². The van der Waals surface area contributed by atoms with E-state index in [0.29, 0.717) is 24.3 Å². The fraction of sp³-hybridized carbons (Fsp3) is 0.300. The van der Waals surface area contributed by atoms with E-state index in [-0.39, 0.29) is 12.5 Å². The van der Waals surface area contributed by atoms with Gasteiger partial charge in [0, 0.05) is 23.6 Å². The van der Waals surface area contributed by atoms with Gasteiger partial charge in [-0.1, -0.05) is 36.4 Å². The number of nitrogens with one attached hydrogen (secondary N) is 1.